The van der Waals surface area contributed by atoms with E-state index in [1.807, 2.05) is 30.3 Å². The molecule has 2 heterocycles. The second-order valence-electron chi connectivity index (χ2n) is 8.35. The monoisotopic (exact) mass is 482 g/mol. The van der Waals surface area contributed by atoms with E-state index in [0.717, 1.165) is 22.4 Å². The van der Waals surface area contributed by atoms with Crippen LogP contribution in [0, 0.1) is 10.1 Å². The summed E-state index contributed by atoms with van der Waals surface area (Å²) in [7, 11) is 1.39. The number of carbonyl (C=O) groups is 1. The minimum atomic E-state index is -0.491. The van der Waals surface area contributed by atoms with Crippen LogP contribution in [0.2, 0.25) is 0 Å². The number of amides is 1. The lowest BCUT2D eigenvalue weighted by Gasteiger charge is -2.12. The van der Waals surface area contributed by atoms with Gasteiger partial charge in [-0.1, -0.05) is 18.2 Å². The second kappa shape index (κ2) is 9.38. The summed E-state index contributed by atoms with van der Waals surface area (Å²) in [5.74, 6) is -0.0886. The van der Waals surface area contributed by atoms with Crippen LogP contribution >= 0.6 is 0 Å². The molecule has 2 N–H and O–H groups in total. The van der Waals surface area contributed by atoms with E-state index >= 15 is 0 Å². The molecule has 0 unspecified atom stereocenters. The van der Waals surface area contributed by atoms with Gasteiger partial charge in [-0.3, -0.25) is 19.7 Å². The number of methoxy groups -OCH3 is 1. The molecule has 1 aliphatic rings. The third-order valence-corrected chi connectivity index (χ3v) is 6.12. The maximum atomic E-state index is 13.0. The first kappa shape index (κ1) is 22.9. The molecule has 0 aliphatic carbocycles. The van der Waals surface area contributed by atoms with E-state index in [1.165, 1.54) is 19.2 Å². The number of aromatic nitrogens is 1. The van der Waals surface area contributed by atoms with E-state index in [2.05, 4.69) is 10.6 Å². The molecular weight excluding hydrogens is 460 g/mol. The minimum Gasteiger partial charge on any atom is -0.490 e. The molecule has 9 nitrogen and oxygen atoms in total. The molecule has 0 atom stereocenters. The predicted molar refractivity (Wildman–Crippen MR) is 137 cm³/mol. The second-order valence-corrected chi connectivity index (χ2v) is 8.35. The lowest BCUT2D eigenvalue weighted by atomic mass is 10.0. The Morgan fingerprint density at radius 1 is 0.889 bits per heavy atom. The Kier molecular flexibility index (Phi) is 5.95. The van der Waals surface area contributed by atoms with E-state index in [9.17, 15) is 19.7 Å². The van der Waals surface area contributed by atoms with Crippen molar-refractivity contribution >= 4 is 28.7 Å². The normalized spacial score (nSPS) is 12.0. The van der Waals surface area contributed by atoms with Crippen molar-refractivity contribution in [2.75, 3.05) is 17.7 Å². The highest BCUT2D eigenvalue weighted by atomic mass is 16.6. The Bertz CT molecular complexity index is 1560. The zero-order valence-electron chi connectivity index (χ0n) is 19.4. The molecule has 1 aromatic heterocycles. The number of pyridine rings is 1. The first-order valence-corrected chi connectivity index (χ1v) is 11.3. The molecule has 0 fully saturated rings. The summed E-state index contributed by atoms with van der Waals surface area (Å²) < 4.78 is 6.84. The van der Waals surface area contributed by atoms with Crippen LogP contribution in [-0.2, 0) is 13.0 Å². The first-order valence-electron chi connectivity index (χ1n) is 11.3. The molecule has 1 amide bonds. The van der Waals surface area contributed by atoms with Gasteiger partial charge in [-0.15, -0.1) is 0 Å². The molecule has 3 aromatic carbocycles. The highest BCUT2D eigenvalue weighted by Gasteiger charge is 2.21. The van der Waals surface area contributed by atoms with Gasteiger partial charge in [0.25, 0.3) is 11.5 Å². The van der Waals surface area contributed by atoms with Crippen LogP contribution in [0.1, 0.15) is 15.9 Å². The number of rotatable bonds is 6. The zero-order valence-corrected chi connectivity index (χ0v) is 19.4. The molecule has 180 valence electrons. The number of nitro groups is 1. The summed E-state index contributed by atoms with van der Waals surface area (Å²) in [5.41, 5.74) is 4.78. The molecule has 0 saturated carbocycles. The summed E-state index contributed by atoms with van der Waals surface area (Å²) in [4.78, 5) is 35.7. The third kappa shape index (κ3) is 4.41. The molecular formula is C27H22N4O5. The van der Waals surface area contributed by atoms with Gasteiger partial charge in [0.1, 0.15) is 0 Å². The average molecular weight is 482 g/mol. The summed E-state index contributed by atoms with van der Waals surface area (Å²) >= 11 is 0. The standard InChI is InChI=1S/C27H22N4O5/c1-36-25-16-19(7-10-24(25)31(34)35)18-6-8-20-22(15-18)28-21-9-5-17(14-23(21)29-27(20)33)11-13-30-12-3-2-4-26(30)32/h2-10,12,14-16,28H,11,13H2,1H3,(H,29,33). The molecule has 4 aromatic rings. The molecule has 5 rings (SSSR count). The number of fused-ring (bicyclic) bond motifs is 2. The zero-order chi connectivity index (χ0) is 25.2. The van der Waals surface area contributed by atoms with E-state index in [0.29, 0.717) is 29.9 Å². The number of anilines is 3. The minimum absolute atomic E-state index is 0.0564. The number of benzene rings is 3. The Morgan fingerprint density at radius 2 is 1.69 bits per heavy atom. The number of nitro benzene ring substituents is 1. The first-order chi connectivity index (χ1) is 17.4. The average Bonchev–Trinajstić information content (AvgIpc) is 3.02. The maximum Gasteiger partial charge on any atom is 0.310 e. The van der Waals surface area contributed by atoms with E-state index in [4.69, 9.17) is 4.74 Å². The fourth-order valence-corrected chi connectivity index (χ4v) is 4.22. The van der Waals surface area contributed by atoms with Gasteiger partial charge in [-0.05, 0) is 65.6 Å². The van der Waals surface area contributed by atoms with Crippen LogP contribution in [-0.4, -0.2) is 22.5 Å². The van der Waals surface area contributed by atoms with Gasteiger partial charge in [-0.25, -0.2) is 0 Å². The van der Waals surface area contributed by atoms with Crippen LogP contribution in [0.5, 0.6) is 5.75 Å². The van der Waals surface area contributed by atoms with Crippen molar-refractivity contribution in [1.82, 2.24) is 4.57 Å². The van der Waals surface area contributed by atoms with Gasteiger partial charge in [0.2, 0.25) is 0 Å². The number of hydrogen-bond donors (Lipinski definition) is 2. The van der Waals surface area contributed by atoms with Gasteiger partial charge in [-0.2, -0.15) is 0 Å². The quantitative estimate of drug-likeness (QED) is 0.296. The summed E-state index contributed by atoms with van der Waals surface area (Å²) in [6.07, 6.45) is 2.38. The molecule has 0 radical (unpaired) electrons. The van der Waals surface area contributed by atoms with Gasteiger partial charge in [0.05, 0.1) is 34.7 Å². The van der Waals surface area contributed by atoms with Crippen LogP contribution in [0.4, 0.5) is 22.7 Å². The van der Waals surface area contributed by atoms with Gasteiger partial charge in [0.15, 0.2) is 5.75 Å². The molecule has 0 saturated heterocycles. The predicted octanol–water partition coefficient (Wildman–Crippen LogP) is 4.98. The van der Waals surface area contributed by atoms with Gasteiger partial charge < -0.3 is 19.9 Å². The number of nitrogens with one attached hydrogen (secondary N) is 2. The Balaban J connectivity index is 1.43. The SMILES string of the molecule is COc1cc(-c2ccc3c(c2)Nc2ccc(CCn4ccccc4=O)cc2NC3=O)ccc1[N+](=O)[O-]. The van der Waals surface area contributed by atoms with E-state index in [-0.39, 0.29) is 22.9 Å². The molecule has 36 heavy (non-hydrogen) atoms. The molecule has 0 bridgehead atoms. The smallest absolute Gasteiger partial charge is 0.310 e. The topological polar surface area (TPSA) is 116 Å². The van der Waals surface area contributed by atoms with Crippen molar-refractivity contribution in [3.63, 3.8) is 0 Å². The summed E-state index contributed by atoms with van der Waals surface area (Å²) in [6, 6.07) is 20.8. The van der Waals surface area contributed by atoms with Crippen molar-refractivity contribution in [2.45, 2.75) is 13.0 Å². The maximum absolute atomic E-state index is 13.0. The molecule has 1 aliphatic heterocycles. The van der Waals surface area contributed by atoms with Crippen LogP contribution in [0.25, 0.3) is 11.1 Å². The fraction of sp³-hybridized carbons (Fsp3) is 0.111. The largest absolute Gasteiger partial charge is 0.490 e. The number of hydrogen-bond acceptors (Lipinski definition) is 6. The van der Waals surface area contributed by atoms with Crippen LogP contribution in [0.3, 0.4) is 0 Å². The summed E-state index contributed by atoms with van der Waals surface area (Å²) in [6.45, 7) is 0.530. The highest BCUT2D eigenvalue weighted by molar-refractivity contribution is 6.12. The van der Waals surface area contributed by atoms with Crippen LogP contribution in [0.15, 0.2) is 83.8 Å². The Hall–Kier alpha value is -4.92. The van der Waals surface area contributed by atoms with Crippen molar-refractivity contribution in [1.29, 1.82) is 0 Å². The van der Waals surface area contributed by atoms with Crippen molar-refractivity contribution in [2.24, 2.45) is 0 Å². The molecule has 9 heteroatoms. The number of carbonyl (C=O) groups excluding carboxylic acids is 1. The lowest BCUT2D eigenvalue weighted by Crippen LogP contribution is -2.18. The van der Waals surface area contributed by atoms with Crippen molar-refractivity contribution in [3.05, 3.63) is 111 Å². The number of nitrogens with zero attached hydrogens (tertiary/aromatic N) is 2. The van der Waals surface area contributed by atoms with Gasteiger partial charge >= 0.3 is 5.69 Å². The number of ether oxygens (including phenoxy) is 1. The van der Waals surface area contributed by atoms with Crippen molar-refractivity contribution in [3.8, 4) is 16.9 Å². The summed E-state index contributed by atoms with van der Waals surface area (Å²) in [5, 5.41) is 17.5. The van der Waals surface area contributed by atoms with Crippen molar-refractivity contribution < 1.29 is 14.5 Å². The van der Waals surface area contributed by atoms with Gasteiger partial charge in [0, 0.05) is 24.9 Å². The highest BCUT2D eigenvalue weighted by Crippen LogP contribution is 2.37. The Morgan fingerprint density at radius 3 is 2.47 bits per heavy atom. The molecule has 0 spiro atoms. The van der Waals surface area contributed by atoms with Crippen LogP contribution < -0.4 is 20.9 Å². The van der Waals surface area contributed by atoms with E-state index in [1.54, 1.807) is 41.1 Å². The lowest BCUT2D eigenvalue weighted by molar-refractivity contribution is -0.385. The fourth-order valence-electron chi connectivity index (χ4n) is 4.22. The van der Waals surface area contributed by atoms with E-state index < -0.39 is 4.92 Å². The number of aryl methyl sites for hydroxylation is 2. The Labute approximate surface area is 206 Å². The third-order valence-electron chi connectivity index (χ3n) is 6.12.